The molecule has 0 bridgehead atoms. The fourth-order valence-corrected chi connectivity index (χ4v) is 5.60. The predicted molar refractivity (Wildman–Crippen MR) is 117 cm³/mol. The van der Waals surface area contributed by atoms with Crippen LogP contribution in [-0.4, -0.2) is 48.4 Å². The smallest absolute Gasteiger partial charge is 0.239 e. The number of fused-ring (bicyclic) bond motifs is 1. The van der Waals surface area contributed by atoms with E-state index in [2.05, 4.69) is 21.2 Å². The second kappa shape index (κ2) is 9.44. The topological polar surface area (TPSA) is 59.4 Å². The first kappa shape index (κ1) is 21.3. The van der Waals surface area contributed by atoms with Crippen molar-refractivity contribution in [2.24, 2.45) is 0 Å². The van der Waals surface area contributed by atoms with E-state index < -0.39 is 5.82 Å². The van der Waals surface area contributed by atoms with Crippen molar-refractivity contribution in [1.82, 2.24) is 9.80 Å². The Morgan fingerprint density at radius 1 is 1.20 bits per heavy atom. The monoisotopic (exact) mass is 446 g/mol. The lowest BCUT2D eigenvalue weighted by atomic mass is 9.96. The van der Waals surface area contributed by atoms with Crippen LogP contribution in [0.3, 0.4) is 0 Å². The number of carbonyl (C=O) groups excluding carboxylic acids is 1. The molecule has 0 atom stereocenters. The molecule has 8 heteroatoms. The zero-order valence-corrected chi connectivity index (χ0v) is 18.3. The van der Waals surface area contributed by atoms with Crippen molar-refractivity contribution in [3.63, 3.8) is 0 Å². The molecule has 1 saturated heterocycles. The van der Waals surface area contributed by atoms with Gasteiger partial charge in [-0.2, -0.15) is 5.26 Å². The summed E-state index contributed by atoms with van der Waals surface area (Å²) in [6, 6.07) is 7.12. The average Bonchev–Trinajstić information content (AvgIpc) is 3.09. The van der Waals surface area contributed by atoms with Gasteiger partial charge in [0.05, 0.1) is 17.1 Å². The first-order valence-corrected chi connectivity index (χ1v) is 11.5. The molecule has 2 heterocycles. The number of benzene rings is 1. The summed E-state index contributed by atoms with van der Waals surface area (Å²) in [6.07, 6.45) is 4.21. The molecule has 1 fully saturated rings. The van der Waals surface area contributed by atoms with Gasteiger partial charge < -0.3 is 5.32 Å². The molecule has 1 amide bonds. The second-order valence-electron chi connectivity index (χ2n) is 7.88. The zero-order valence-electron chi connectivity index (χ0n) is 16.7. The molecule has 158 valence electrons. The number of carbonyl (C=O) groups is 1. The first-order chi connectivity index (χ1) is 14.5. The summed E-state index contributed by atoms with van der Waals surface area (Å²) >= 11 is 7.43. The Bertz CT molecular complexity index is 978. The summed E-state index contributed by atoms with van der Waals surface area (Å²) in [4.78, 5) is 18.2. The van der Waals surface area contributed by atoms with Crippen LogP contribution in [-0.2, 0) is 24.2 Å². The summed E-state index contributed by atoms with van der Waals surface area (Å²) in [7, 11) is 0. The van der Waals surface area contributed by atoms with Crippen LogP contribution in [0.5, 0.6) is 0 Å². The third kappa shape index (κ3) is 4.84. The lowest BCUT2D eigenvalue weighted by Gasteiger charge is -2.34. The number of piperazine rings is 1. The number of thiophene rings is 1. The van der Waals surface area contributed by atoms with Gasteiger partial charge in [0.25, 0.3) is 0 Å². The largest absolute Gasteiger partial charge is 0.315 e. The molecular weight excluding hydrogens is 423 g/mol. The molecule has 1 aliphatic carbocycles. The lowest BCUT2D eigenvalue weighted by Crippen LogP contribution is -2.48. The van der Waals surface area contributed by atoms with E-state index in [1.54, 1.807) is 23.5 Å². The van der Waals surface area contributed by atoms with E-state index >= 15 is 0 Å². The summed E-state index contributed by atoms with van der Waals surface area (Å²) in [5.74, 6) is -0.466. The summed E-state index contributed by atoms with van der Waals surface area (Å²) in [6.45, 7) is 4.27. The summed E-state index contributed by atoms with van der Waals surface area (Å²) in [5, 5.41) is 13.4. The minimum absolute atomic E-state index is 0.0659. The summed E-state index contributed by atoms with van der Waals surface area (Å²) in [5.41, 5.74) is 2.78. The quantitative estimate of drug-likeness (QED) is 0.752. The van der Waals surface area contributed by atoms with Gasteiger partial charge in [0, 0.05) is 37.6 Å². The van der Waals surface area contributed by atoms with Gasteiger partial charge in [-0.25, -0.2) is 4.39 Å². The van der Waals surface area contributed by atoms with Crippen LogP contribution in [0.1, 0.15) is 34.4 Å². The van der Waals surface area contributed by atoms with Crippen molar-refractivity contribution in [1.29, 1.82) is 5.26 Å². The number of amides is 1. The number of nitrogens with one attached hydrogen (secondary N) is 1. The van der Waals surface area contributed by atoms with Gasteiger partial charge in [-0.05, 0) is 48.9 Å². The van der Waals surface area contributed by atoms with E-state index in [1.165, 1.54) is 10.9 Å². The van der Waals surface area contributed by atoms with Gasteiger partial charge in [0.2, 0.25) is 5.91 Å². The third-order valence-corrected chi connectivity index (χ3v) is 7.26. The highest BCUT2D eigenvalue weighted by Gasteiger charge is 2.23. The number of hydrogen-bond acceptors (Lipinski definition) is 5. The van der Waals surface area contributed by atoms with Crippen LogP contribution in [0.25, 0.3) is 0 Å². The number of hydrogen-bond donors (Lipinski definition) is 1. The van der Waals surface area contributed by atoms with Crippen molar-refractivity contribution in [3.8, 4) is 6.07 Å². The maximum absolute atomic E-state index is 13.3. The van der Waals surface area contributed by atoms with E-state index in [0.29, 0.717) is 23.7 Å². The molecule has 1 aromatic carbocycles. The Hall–Kier alpha value is -1.98. The fourth-order valence-electron chi connectivity index (χ4n) is 4.14. The van der Waals surface area contributed by atoms with E-state index in [-0.39, 0.29) is 10.9 Å². The van der Waals surface area contributed by atoms with Gasteiger partial charge in [-0.15, -0.1) is 11.3 Å². The van der Waals surface area contributed by atoms with E-state index in [1.807, 2.05) is 0 Å². The molecule has 0 radical (unpaired) electrons. The van der Waals surface area contributed by atoms with Gasteiger partial charge in [-0.1, -0.05) is 17.7 Å². The van der Waals surface area contributed by atoms with Crippen molar-refractivity contribution < 1.29 is 9.18 Å². The highest BCUT2D eigenvalue weighted by Crippen LogP contribution is 2.37. The number of nitrogens with zero attached hydrogens (tertiary/aromatic N) is 3. The zero-order chi connectivity index (χ0) is 21.1. The Kier molecular flexibility index (Phi) is 6.69. The Morgan fingerprint density at radius 2 is 1.93 bits per heavy atom. The summed E-state index contributed by atoms with van der Waals surface area (Å²) < 4.78 is 13.3. The standard InChI is InChI=1S/C22H24ClFN4OS/c23-18-11-15(5-6-19(18)24)13-27-7-9-28(10-8-27)14-21(29)26-22-17(12-25)16-3-1-2-4-20(16)30-22/h5-6,11H,1-4,7-10,13-14H2,(H,26,29). The van der Waals surface area contributed by atoms with E-state index in [4.69, 9.17) is 11.6 Å². The first-order valence-electron chi connectivity index (χ1n) is 10.3. The lowest BCUT2D eigenvalue weighted by molar-refractivity contribution is -0.117. The number of rotatable bonds is 5. The predicted octanol–water partition coefficient (Wildman–Crippen LogP) is 4.05. The minimum Gasteiger partial charge on any atom is -0.315 e. The number of aryl methyl sites for hydroxylation is 1. The van der Waals surface area contributed by atoms with Crippen LogP contribution in [0, 0.1) is 17.1 Å². The SMILES string of the molecule is N#Cc1c(NC(=O)CN2CCN(Cc3ccc(F)c(Cl)c3)CC2)sc2c1CCCC2. The molecule has 1 aliphatic heterocycles. The Labute approximate surface area is 185 Å². The average molecular weight is 447 g/mol. The molecule has 2 aromatic rings. The Balaban J connectivity index is 1.28. The third-order valence-electron chi connectivity index (χ3n) is 5.76. The van der Waals surface area contributed by atoms with Crippen LogP contribution >= 0.6 is 22.9 Å². The maximum atomic E-state index is 13.3. The van der Waals surface area contributed by atoms with Gasteiger partial charge in [-0.3, -0.25) is 14.6 Å². The highest BCUT2D eigenvalue weighted by atomic mass is 35.5. The van der Waals surface area contributed by atoms with Gasteiger partial charge >= 0.3 is 0 Å². The maximum Gasteiger partial charge on any atom is 0.239 e. The molecule has 2 aliphatic rings. The molecule has 30 heavy (non-hydrogen) atoms. The normalized spacial score (nSPS) is 17.4. The second-order valence-corrected chi connectivity index (χ2v) is 9.39. The minimum atomic E-state index is -0.401. The molecule has 0 spiro atoms. The van der Waals surface area contributed by atoms with Gasteiger partial charge in [0.1, 0.15) is 16.9 Å². The van der Waals surface area contributed by atoms with Gasteiger partial charge in [0.15, 0.2) is 0 Å². The molecule has 1 aromatic heterocycles. The number of anilines is 1. The molecule has 0 unspecified atom stereocenters. The van der Waals surface area contributed by atoms with Crippen molar-refractivity contribution in [3.05, 3.63) is 50.6 Å². The molecule has 0 saturated carbocycles. The molecule has 5 nitrogen and oxygen atoms in total. The Morgan fingerprint density at radius 3 is 2.67 bits per heavy atom. The van der Waals surface area contributed by atoms with Crippen LogP contribution in [0.2, 0.25) is 5.02 Å². The van der Waals surface area contributed by atoms with Crippen molar-refractivity contribution in [2.45, 2.75) is 32.2 Å². The number of halogens is 2. The number of nitriles is 1. The van der Waals surface area contributed by atoms with Crippen molar-refractivity contribution >= 4 is 33.8 Å². The van der Waals surface area contributed by atoms with Crippen molar-refractivity contribution in [2.75, 3.05) is 38.0 Å². The fraction of sp³-hybridized carbons (Fsp3) is 0.455. The molecule has 1 N–H and O–H groups in total. The highest BCUT2D eigenvalue weighted by molar-refractivity contribution is 7.16. The molecular formula is C22H24ClFN4OS. The van der Waals surface area contributed by atoms with Crippen LogP contribution < -0.4 is 5.32 Å². The van der Waals surface area contributed by atoms with E-state index in [0.717, 1.165) is 63.0 Å². The molecule has 4 rings (SSSR count). The van der Waals surface area contributed by atoms with Crippen LogP contribution in [0.4, 0.5) is 9.39 Å². The van der Waals surface area contributed by atoms with Crippen LogP contribution in [0.15, 0.2) is 18.2 Å². The van der Waals surface area contributed by atoms with E-state index in [9.17, 15) is 14.4 Å².